The van der Waals surface area contributed by atoms with Crippen LogP contribution in [0.25, 0.3) is 0 Å². The van der Waals surface area contributed by atoms with Crippen LogP contribution in [-0.2, 0) is 10.0 Å². The number of nitriles is 1. The van der Waals surface area contributed by atoms with Gasteiger partial charge in [-0.2, -0.15) is 5.26 Å². The van der Waals surface area contributed by atoms with Gasteiger partial charge in [-0.05, 0) is 41.7 Å². The molecule has 0 spiro atoms. The Balaban J connectivity index is 2.13. The topological polar surface area (TPSA) is 96.0 Å². The maximum Gasteiger partial charge on any atom is 0.240 e. The number of aryl methyl sites for hydroxylation is 1. The van der Waals surface area contributed by atoms with Gasteiger partial charge in [0.1, 0.15) is 0 Å². The highest BCUT2D eigenvalue weighted by Crippen LogP contribution is 2.19. The van der Waals surface area contributed by atoms with Crippen LogP contribution >= 0.6 is 0 Å². The molecular weight excluding hydrogens is 334 g/mol. The molecule has 0 saturated carbocycles. The third kappa shape index (κ3) is 4.67. The van der Waals surface area contributed by atoms with Crippen LogP contribution in [0.2, 0.25) is 0 Å². The predicted octanol–water partition coefficient (Wildman–Crippen LogP) is 2.97. The summed E-state index contributed by atoms with van der Waals surface area (Å²) >= 11 is 0. The van der Waals surface area contributed by atoms with E-state index in [1.54, 1.807) is 19.1 Å². The van der Waals surface area contributed by atoms with E-state index >= 15 is 0 Å². The van der Waals surface area contributed by atoms with Gasteiger partial charge in [-0.1, -0.05) is 44.2 Å². The van der Waals surface area contributed by atoms with Gasteiger partial charge in [-0.15, -0.1) is 0 Å². The zero-order valence-corrected chi connectivity index (χ0v) is 15.5. The molecule has 0 aromatic heterocycles. The van der Waals surface area contributed by atoms with Gasteiger partial charge in [0.05, 0.1) is 16.5 Å². The third-order valence-corrected chi connectivity index (χ3v) is 5.70. The van der Waals surface area contributed by atoms with Gasteiger partial charge in [-0.3, -0.25) is 0 Å². The van der Waals surface area contributed by atoms with Crippen molar-refractivity contribution >= 4 is 10.0 Å². The van der Waals surface area contributed by atoms with Gasteiger partial charge in [0.15, 0.2) is 0 Å². The Hall–Kier alpha value is -2.20. The van der Waals surface area contributed by atoms with Crippen molar-refractivity contribution in [1.82, 2.24) is 4.72 Å². The number of hydrogen-bond acceptors (Lipinski definition) is 4. The summed E-state index contributed by atoms with van der Waals surface area (Å²) in [5, 5.41) is 8.96. The van der Waals surface area contributed by atoms with Crippen LogP contribution in [0.3, 0.4) is 0 Å². The molecule has 1 atom stereocenters. The largest absolute Gasteiger partial charge is 0.323 e. The molecule has 0 heterocycles. The Bertz CT molecular complexity index is 882. The average Bonchev–Trinajstić information content (AvgIpc) is 2.60. The first-order valence-corrected chi connectivity index (χ1v) is 9.58. The number of nitrogens with one attached hydrogen (secondary N) is 1. The van der Waals surface area contributed by atoms with E-state index in [4.69, 9.17) is 11.0 Å². The fraction of sp³-hybridized carbons (Fsp3) is 0.316. The lowest BCUT2D eigenvalue weighted by atomic mass is 9.99. The molecular formula is C19H23N3O2S. The fourth-order valence-electron chi connectivity index (χ4n) is 2.48. The first-order valence-electron chi connectivity index (χ1n) is 8.10. The first-order chi connectivity index (χ1) is 11.7. The maximum absolute atomic E-state index is 12.5. The van der Waals surface area contributed by atoms with Crippen molar-refractivity contribution in [3.8, 4) is 6.07 Å². The number of sulfonamides is 1. The zero-order valence-electron chi connectivity index (χ0n) is 14.7. The van der Waals surface area contributed by atoms with Crippen molar-refractivity contribution < 1.29 is 8.42 Å². The molecule has 0 fully saturated rings. The van der Waals surface area contributed by atoms with Crippen LogP contribution in [0.4, 0.5) is 0 Å². The molecule has 0 radical (unpaired) electrons. The monoisotopic (exact) mass is 357 g/mol. The molecule has 0 aliphatic carbocycles. The van der Waals surface area contributed by atoms with Gasteiger partial charge in [0, 0.05) is 12.6 Å². The Morgan fingerprint density at radius 2 is 1.72 bits per heavy atom. The molecule has 132 valence electrons. The van der Waals surface area contributed by atoms with Crippen molar-refractivity contribution in [2.75, 3.05) is 6.54 Å². The summed E-state index contributed by atoms with van der Waals surface area (Å²) in [6.07, 6.45) is 0. The summed E-state index contributed by atoms with van der Waals surface area (Å²) in [6.45, 7) is 6.00. The van der Waals surface area contributed by atoms with Crippen LogP contribution in [-0.4, -0.2) is 15.0 Å². The van der Waals surface area contributed by atoms with Crippen LogP contribution in [0.15, 0.2) is 47.4 Å². The second-order valence-electron chi connectivity index (χ2n) is 6.37. The molecule has 1 unspecified atom stereocenters. The molecule has 0 saturated heterocycles. The summed E-state index contributed by atoms with van der Waals surface area (Å²) in [5.41, 5.74) is 9.09. The van der Waals surface area contributed by atoms with E-state index in [9.17, 15) is 8.42 Å². The zero-order chi connectivity index (χ0) is 18.6. The summed E-state index contributed by atoms with van der Waals surface area (Å²) in [7, 11) is -3.73. The quantitative estimate of drug-likeness (QED) is 0.831. The molecule has 0 bridgehead atoms. The fourth-order valence-corrected chi connectivity index (χ4v) is 3.81. The van der Waals surface area contributed by atoms with Crippen LogP contribution in [0, 0.1) is 18.3 Å². The van der Waals surface area contributed by atoms with Crippen LogP contribution in [0.5, 0.6) is 0 Å². The van der Waals surface area contributed by atoms with Gasteiger partial charge in [-0.25, -0.2) is 13.1 Å². The number of nitrogens with zero attached hydrogens (tertiary/aromatic N) is 1. The normalized spacial score (nSPS) is 12.8. The maximum atomic E-state index is 12.5. The predicted molar refractivity (Wildman–Crippen MR) is 98.5 cm³/mol. The molecule has 2 aromatic carbocycles. The number of hydrogen-bond donors (Lipinski definition) is 2. The molecule has 2 aromatic rings. The third-order valence-electron chi connectivity index (χ3n) is 4.13. The van der Waals surface area contributed by atoms with E-state index in [0.29, 0.717) is 17.0 Å². The van der Waals surface area contributed by atoms with Crippen molar-refractivity contribution in [2.45, 2.75) is 37.6 Å². The average molecular weight is 357 g/mol. The molecule has 0 aliphatic rings. The Morgan fingerprint density at radius 1 is 1.12 bits per heavy atom. The molecule has 3 N–H and O–H groups in total. The van der Waals surface area contributed by atoms with Crippen molar-refractivity contribution in [1.29, 1.82) is 5.26 Å². The highest BCUT2D eigenvalue weighted by atomic mass is 32.2. The van der Waals surface area contributed by atoms with E-state index in [1.165, 1.54) is 11.6 Å². The summed E-state index contributed by atoms with van der Waals surface area (Å²) in [5.74, 6) is 0.430. The molecule has 0 aliphatic heterocycles. The van der Waals surface area contributed by atoms with E-state index in [-0.39, 0.29) is 11.4 Å². The Labute approximate surface area is 149 Å². The SMILES string of the molecule is Cc1ccc(C#N)cc1S(=O)(=O)NCC(N)c1ccc(C(C)C)cc1. The highest BCUT2D eigenvalue weighted by Gasteiger charge is 2.19. The van der Waals surface area contributed by atoms with E-state index in [0.717, 1.165) is 5.56 Å². The van der Waals surface area contributed by atoms with Crippen molar-refractivity contribution in [3.63, 3.8) is 0 Å². The minimum atomic E-state index is -3.73. The summed E-state index contributed by atoms with van der Waals surface area (Å²) < 4.78 is 27.6. The Morgan fingerprint density at radius 3 is 2.28 bits per heavy atom. The highest BCUT2D eigenvalue weighted by molar-refractivity contribution is 7.89. The molecule has 0 amide bonds. The summed E-state index contributed by atoms with van der Waals surface area (Å²) in [6, 6.07) is 14.0. The molecule has 6 heteroatoms. The molecule has 5 nitrogen and oxygen atoms in total. The second-order valence-corrected chi connectivity index (χ2v) is 8.11. The van der Waals surface area contributed by atoms with Crippen molar-refractivity contribution in [3.05, 3.63) is 64.7 Å². The van der Waals surface area contributed by atoms with Gasteiger partial charge < -0.3 is 5.73 Å². The first kappa shape index (κ1) is 19.1. The minimum absolute atomic E-state index is 0.0829. The lowest BCUT2D eigenvalue weighted by Gasteiger charge is -2.15. The standard InChI is InChI=1S/C19H23N3O2S/c1-13(2)16-6-8-17(9-7-16)18(21)12-22-25(23,24)19-10-15(11-20)5-4-14(19)3/h4-10,13,18,22H,12,21H2,1-3H3. The van der Waals surface area contributed by atoms with E-state index < -0.39 is 16.1 Å². The minimum Gasteiger partial charge on any atom is -0.323 e. The summed E-state index contributed by atoms with van der Waals surface area (Å²) in [4.78, 5) is 0.105. The lowest BCUT2D eigenvalue weighted by Crippen LogP contribution is -2.32. The smallest absolute Gasteiger partial charge is 0.240 e. The molecule has 2 rings (SSSR count). The van der Waals surface area contributed by atoms with Crippen molar-refractivity contribution in [2.24, 2.45) is 5.73 Å². The van der Waals surface area contributed by atoms with Gasteiger partial charge in [0.25, 0.3) is 0 Å². The number of benzene rings is 2. The van der Waals surface area contributed by atoms with Crippen LogP contribution < -0.4 is 10.5 Å². The molecule has 25 heavy (non-hydrogen) atoms. The Kier molecular flexibility index (Phi) is 5.96. The number of nitrogens with two attached hydrogens (primary N) is 1. The number of rotatable bonds is 6. The second kappa shape index (κ2) is 7.79. The van der Waals surface area contributed by atoms with Gasteiger partial charge >= 0.3 is 0 Å². The van der Waals surface area contributed by atoms with E-state index in [1.807, 2.05) is 30.3 Å². The lowest BCUT2D eigenvalue weighted by molar-refractivity contribution is 0.571. The van der Waals surface area contributed by atoms with Gasteiger partial charge in [0.2, 0.25) is 10.0 Å². The van der Waals surface area contributed by atoms with E-state index in [2.05, 4.69) is 18.6 Å². The van der Waals surface area contributed by atoms with Crippen LogP contribution in [0.1, 0.15) is 48.1 Å².